The van der Waals surface area contributed by atoms with Gasteiger partial charge in [-0.1, -0.05) is 0 Å². The van der Waals surface area contributed by atoms with Gasteiger partial charge in [-0.15, -0.1) is 0 Å². The summed E-state index contributed by atoms with van der Waals surface area (Å²) in [6, 6.07) is 0. The molecule has 1 aliphatic carbocycles. The molecule has 2 unspecified atom stereocenters. The molecular weight excluding hydrogens is 296 g/mol. The molecule has 0 aromatic rings. The monoisotopic (exact) mass is 326 g/mol. The zero-order valence-corrected chi connectivity index (χ0v) is 14.7. The van der Waals surface area contributed by atoms with Gasteiger partial charge < -0.3 is 20.1 Å². The van der Waals surface area contributed by atoms with Gasteiger partial charge in [0.05, 0.1) is 18.1 Å². The maximum Gasteiger partial charge on any atom is 0.407 e. The molecule has 2 atom stereocenters. The predicted molar refractivity (Wildman–Crippen MR) is 87.1 cm³/mol. The number of carbonyl (C=O) groups is 2. The van der Waals surface area contributed by atoms with Crippen molar-refractivity contribution in [1.29, 1.82) is 0 Å². The molecule has 23 heavy (non-hydrogen) atoms. The van der Waals surface area contributed by atoms with Gasteiger partial charge in [0, 0.05) is 13.2 Å². The van der Waals surface area contributed by atoms with E-state index >= 15 is 0 Å². The highest BCUT2D eigenvalue weighted by Gasteiger charge is 2.43. The van der Waals surface area contributed by atoms with Crippen LogP contribution in [0.5, 0.6) is 0 Å². The lowest BCUT2D eigenvalue weighted by molar-refractivity contribution is -0.125. The second-order valence-corrected chi connectivity index (χ2v) is 7.93. The molecule has 1 saturated carbocycles. The minimum Gasteiger partial charge on any atom is -0.444 e. The molecule has 2 aliphatic rings. The van der Waals surface area contributed by atoms with Crippen molar-refractivity contribution in [2.24, 2.45) is 5.92 Å². The first-order valence-corrected chi connectivity index (χ1v) is 8.57. The van der Waals surface area contributed by atoms with Crippen LogP contribution in [-0.4, -0.2) is 42.4 Å². The molecule has 0 aromatic heterocycles. The molecule has 0 aromatic carbocycles. The number of alkyl carbamates (subject to hydrolysis) is 1. The van der Waals surface area contributed by atoms with Crippen molar-refractivity contribution in [1.82, 2.24) is 10.6 Å². The Morgan fingerprint density at radius 2 is 1.87 bits per heavy atom. The third-order valence-electron chi connectivity index (χ3n) is 4.34. The van der Waals surface area contributed by atoms with E-state index in [1.54, 1.807) is 0 Å². The predicted octanol–water partition coefficient (Wildman–Crippen LogP) is 2.37. The van der Waals surface area contributed by atoms with Crippen molar-refractivity contribution in [3.8, 4) is 0 Å². The van der Waals surface area contributed by atoms with Crippen LogP contribution in [0.3, 0.4) is 0 Å². The minimum atomic E-state index is -0.525. The second kappa shape index (κ2) is 7.07. The molecule has 2 rings (SSSR count). The Morgan fingerprint density at radius 3 is 2.39 bits per heavy atom. The maximum atomic E-state index is 12.3. The van der Waals surface area contributed by atoms with Crippen LogP contribution in [-0.2, 0) is 14.3 Å². The summed E-state index contributed by atoms with van der Waals surface area (Å²) in [5.74, 6) is 0.406. The van der Waals surface area contributed by atoms with E-state index in [0.717, 1.165) is 32.3 Å². The number of nitrogens with one attached hydrogen (secondary N) is 2. The molecule has 6 nitrogen and oxygen atoms in total. The molecule has 1 saturated heterocycles. The van der Waals surface area contributed by atoms with E-state index in [4.69, 9.17) is 9.47 Å². The van der Waals surface area contributed by atoms with Gasteiger partial charge in [-0.05, 0) is 59.3 Å². The molecule has 1 aliphatic heterocycles. The maximum absolute atomic E-state index is 12.3. The van der Waals surface area contributed by atoms with Crippen LogP contribution in [0.15, 0.2) is 0 Å². The quantitative estimate of drug-likeness (QED) is 0.785. The summed E-state index contributed by atoms with van der Waals surface area (Å²) in [6.45, 7) is 8.61. The molecular formula is C17H30N2O4. The Morgan fingerprint density at radius 1 is 1.17 bits per heavy atom. The topological polar surface area (TPSA) is 76.7 Å². The molecule has 0 radical (unpaired) electrons. The summed E-state index contributed by atoms with van der Waals surface area (Å²) in [5.41, 5.74) is -0.949. The van der Waals surface area contributed by atoms with E-state index in [1.807, 2.05) is 27.7 Å². The number of hydrogen-bond donors (Lipinski definition) is 2. The van der Waals surface area contributed by atoms with Gasteiger partial charge in [-0.25, -0.2) is 4.79 Å². The van der Waals surface area contributed by atoms with Crippen molar-refractivity contribution in [3.63, 3.8) is 0 Å². The lowest BCUT2D eigenvalue weighted by Crippen LogP contribution is -2.56. The van der Waals surface area contributed by atoms with Gasteiger partial charge in [0.25, 0.3) is 0 Å². The summed E-state index contributed by atoms with van der Waals surface area (Å²) in [6.07, 6.45) is 4.12. The first-order chi connectivity index (χ1) is 10.7. The van der Waals surface area contributed by atoms with Crippen LogP contribution in [0.25, 0.3) is 0 Å². The molecule has 0 bridgehead atoms. The molecule has 0 spiro atoms. The molecule has 2 N–H and O–H groups in total. The van der Waals surface area contributed by atoms with Gasteiger partial charge in [0.2, 0.25) is 5.91 Å². The Labute approximate surface area is 138 Å². The summed E-state index contributed by atoms with van der Waals surface area (Å²) >= 11 is 0. The van der Waals surface area contributed by atoms with Crippen molar-refractivity contribution < 1.29 is 19.1 Å². The number of hydrogen-bond acceptors (Lipinski definition) is 4. The van der Waals surface area contributed by atoms with Crippen molar-refractivity contribution in [2.45, 2.75) is 77.0 Å². The Bertz CT molecular complexity index is 436. The van der Waals surface area contributed by atoms with Gasteiger partial charge in [0.1, 0.15) is 5.60 Å². The SMILES string of the molecule is CC(C)(C)OC(=O)NCC(C)(NC(=O)CC1CCCO1)C1CC1. The average molecular weight is 326 g/mol. The van der Waals surface area contributed by atoms with Crippen molar-refractivity contribution >= 4 is 12.0 Å². The fraction of sp³-hybridized carbons (Fsp3) is 0.882. The second-order valence-electron chi connectivity index (χ2n) is 7.93. The fourth-order valence-electron chi connectivity index (χ4n) is 2.96. The van der Waals surface area contributed by atoms with Crippen LogP contribution >= 0.6 is 0 Å². The fourth-order valence-corrected chi connectivity index (χ4v) is 2.96. The summed E-state index contributed by atoms with van der Waals surface area (Å²) in [4.78, 5) is 24.1. The summed E-state index contributed by atoms with van der Waals surface area (Å²) in [7, 11) is 0. The van der Waals surface area contributed by atoms with Gasteiger partial charge in [-0.2, -0.15) is 0 Å². The third kappa shape index (κ3) is 6.01. The van der Waals surface area contributed by atoms with E-state index < -0.39 is 17.2 Å². The summed E-state index contributed by atoms with van der Waals surface area (Å²) < 4.78 is 10.8. The van der Waals surface area contributed by atoms with E-state index in [1.165, 1.54) is 0 Å². The summed E-state index contributed by atoms with van der Waals surface area (Å²) in [5, 5.41) is 5.90. The van der Waals surface area contributed by atoms with Crippen molar-refractivity contribution in [2.75, 3.05) is 13.2 Å². The van der Waals surface area contributed by atoms with Crippen molar-refractivity contribution in [3.05, 3.63) is 0 Å². The van der Waals surface area contributed by atoms with E-state index in [9.17, 15) is 9.59 Å². The number of carbonyl (C=O) groups excluding carboxylic acids is 2. The highest BCUT2D eigenvalue weighted by Crippen LogP contribution is 2.39. The zero-order valence-electron chi connectivity index (χ0n) is 14.7. The van der Waals surface area contributed by atoms with E-state index in [0.29, 0.717) is 18.9 Å². The smallest absolute Gasteiger partial charge is 0.407 e. The van der Waals surface area contributed by atoms with Crippen LogP contribution in [0, 0.1) is 5.92 Å². The largest absolute Gasteiger partial charge is 0.444 e. The van der Waals surface area contributed by atoms with Crippen LogP contribution < -0.4 is 10.6 Å². The van der Waals surface area contributed by atoms with Crippen LogP contribution in [0.1, 0.15) is 59.8 Å². The van der Waals surface area contributed by atoms with Crippen LogP contribution in [0.4, 0.5) is 4.79 Å². The zero-order chi connectivity index (χ0) is 17.1. The molecule has 2 amide bonds. The first kappa shape index (κ1) is 18.0. The molecule has 2 fully saturated rings. The number of amides is 2. The Kier molecular flexibility index (Phi) is 5.55. The van der Waals surface area contributed by atoms with E-state index in [2.05, 4.69) is 10.6 Å². The average Bonchev–Trinajstić information content (AvgIpc) is 3.15. The Hall–Kier alpha value is -1.30. The highest BCUT2D eigenvalue weighted by atomic mass is 16.6. The molecule has 6 heteroatoms. The number of ether oxygens (including phenoxy) is 2. The Balaban J connectivity index is 1.83. The first-order valence-electron chi connectivity index (χ1n) is 8.57. The molecule has 1 heterocycles. The lowest BCUT2D eigenvalue weighted by Gasteiger charge is -2.32. The van der Waals surface area contributed by atoms with E-state index in [-0.39, 0.29) is 12.0 Å². The van der Waals surface area contributed by atoms with Gasteiger partial charge in [-0.3, -0.25) is 4.79 Å². The number of rotatable bonds is 6. The third-order valence-corrected chi connectivity index (χ3v) is 4.34. The highest BCUT2D eigenvalue weighted by molar-refractivity contribution is 5.77. The normalized spacial score (nSPS) is 23.9. The minimum absolute atomic E-state index is 0.00251. The van der Waals surface area contributed by atoms with Gasteiger partial charge in [0.15, 0.2) is 0 Å². The molecule has 132 valence electrons. The standard InChI is InChI=1S/C17H30N2O4/c1-16(2,3)23-15(21)18-11-17(4,12-7-8-12)19-14(20)10-13-6-5-9-22-13/h12-13H,5-11H2,1-4H3,(H,18,21)(H,19,20). The van der Waals surface area contributed by atoms with Crippen LogP contribution in [0.2, 0.25) is 0 Å². The lowest BCUT2D eigenvalue weighted by atomic mass is 9.95. The van der Waals surface area contributed by atoms with Gasteiger partial charge >= 0.3 is 6.09 Å².